The average molecular weight is 507 g/mol. The minimum atomic E-state index is -0.313. The van der Waals surface area contributed by atoms with E-state index in [1.54, 1.807) is 48.5 Å². The summed E-state index contributed by atoms with van der Waals surface area (Å²) in [7, 11) is 7.44. The van der Waals surface area contributed by atoms with Gasteiger partial charge in [0.25, 0.3) is 0 Å². The highest BCUT2D eigenvalue weighted by Gasteiger charge is 2.22. The van der Waals surface area contributed by atoms with Crippen LogP contribution in [0.3, 0.4) is 0 Å². The summed E-state index contributed by atoms with van der Waals surface area (Å²) in [5.41, 5.74) is 1.47. The molecule has 0 saturated carbocycles. The van der Waals surface area contributed by atoms with Crippen molar-refractivity contribution in [3.8, 4) is 34.5 Å². The minimum absolute atomic E-state index is 0.247. The Hall–Kier alpha value is -4.66. The number of ketones is 2. The van der Waals surface area contributed by atoms with E-state index in [9.17, 15) is 9.59 Å². The van der Waals surface area contributed by atoms with Gasteiger partial charge in [0, 0.05) is 10.9 Å². The molecule has 37 heavy (non-hydrogen) atoms. The van der Waals surface area contributed by atoms with Crippen molar-refractivity contribution >= 4 is 22.5 Å². The summed E-state index contributed by atoms with van der Waals surface area (Å²) in [6, 6.07) is 13.1. The number of methoxy groups -OCH3 is 5. The summed E-state index contributed by atoms with van der Waals surface area (Å²) in [5.74, 6) is 1.82. The predicted molar refractivity (Wildman–Crippen MR) is 135 cm³/mol. The molecule has 0 bridgehead atoms. The monoisotopic (exact) mass is 506 g/mol. The summed E-state index contributed by atoms with van der Waals surface area (Å²) in [4.78, 5) is 26.3. The molecule has 1 aromatic heterocycles. The summed E-state index contributed by atoms with van der Waals surface area (Å²) in [5, 5.41) is 0.530. The molecule has 4 rings (SSSR count). The lowest BCUT2D eigenvalue weighted by Gasteiger charge is -2.13. The zero-order chi connectivity index (χ0) is 26.5. The molecule has 9 nitrogen and oxygen atoms in total. The van der Waals surface area contributed by atoms with Crippen LogP contribution >= 0.6 is 0 Å². The maximum Gasteiger partial charge on any atom is 0.204 e. The number of hydrogen-bond acceptors (Lipinski definition) is 9. The molecule has 3 aromatic carbocycles. The van der Waals surface area contributed by atoms with Gasteiger partial charge in [-0.15, -0.1) is 0 Å². The number of benzene rings is 3. The molecule has 0 saturated heterocycles. The molecular formula is C28H26O9. The van der Waals surface area contributed by atoms with E-state index in [4.69, 9.17) is 32.8 Å². The van der Waals surface area contributed by atoms with Gasteiger partial charge in [-0.25, -0.2) is 0 Å². The lowest BCUT2D eigenvalue weighted by atomic mass is 10.0. The summed E-state index contributed by atoms with van der Waals surface area (Å²) in [6.07, 6.45) is 1.38. The molecule has 0 aliphatic carbocycles. The Morgan fingerprint density at radius 3 is 2.00 bits per heavy atom. The van der Waals surface area contributed by atoms with Crippen LogP contribution in [-0.4, -0.2) is 53.7 Å². The fraction of sp³-hybridized carbons (Fsp3) is 0.214. The molecule has 192 valence electrons. The minimum Gasteiger partial charge on any atom is -0.497 e. The van der Waals surface area contributed by atoms with E-state index in [0.29, 0.717) is 62.2 Å². The molecule has 0 atom stereocenters. The molecule has 1 heterocycles. The predicted octanol–water partition coefficient (Wildman–Crippen LogP) is 4.97. The zero-order valence-electron chi connectivity index (χ0n) is 21.1. The van der Waals surface area contributed by atoms with Crippen molar-refractivity contribution in [1.82, 2.24) is 0 Å². The number of Topliss-reactive ketones (excluding diaryl/α,β-unsaturated/α-hetero) is 1. The van der Waals surface area contributed by atoms with Crippen LogP contribution in [0.25, 0.3) is 11.0 Å². The van der Waals surface area contributed by atoms with Crippen molar-refractivity contribution in [2.45, 2.75) is 0 Å². The first kappa shape index (κ1) is 25.4. The number of carbonyl (C=O) groups excluding carboxylic acids is 2. The highest BCUT2D eigenvalue weighted by Crippen LogP contribution is 2.39. The second-order valence-corrected chi connectivity index (χ2v) is 7.83. The Kier molecular flexibility index (Phi) is 7.52. The number of carbonyl (C=O) groups is 2. The van der Waals surface area contributed by atoms with Crippen LogP contribution in [0.4, 0.5) is 0 Å². The fourth-order valence-electron chi connectivity index (χ4n) is 3.90. The van der Waals surface area contributed by atoms with Gasteiger partial charge in [0.2, 0.25) is 11.5 Å². The van der Waals surface area contributed by atoms with E-state index in [2.05, 4.69) is 0 Å². The van der Waals surface area contributed by atoms with Gasteiger partial charge >= 0.3 is 0 Å². The first-order chi connectivity index (χ1) is 17.9. The fourth-order valence-corrected chi connectivity index (χ4v) is 3.90. The number of hydrogen-bond donors (Lipinski definition) is 0. The zero-order valence-corrected chi connectivity index (χ0v) is 21.1. The topological polar surface area (TPSA) is 103 Å². The molecule has 9 heteroatoms. The Balaban J connectivity index is 1.61. The molecule has 0 aliphatic rings. The van der Waals surface area contributed by atoms with E-state index in [-0.39, 0.29) is 18.2 Å². The molecule has 0 amide bonds. The second kappa shape index (κ2) is 10.9. The van der Waals surface area contributed by atoms with Crippen LogP contribution in [0.2, 0.25) is 0 Å². The Morgan fingerprint density at radius 2 is 1.38 bits per heavy atom. The lowest BCUT2D eigenvalue weighted by molar-refractivity contribution is 0.0917. The van der Waals surface area contributed by atoms with Crippen molar-refractivity contribution < 1.29 is 42.4 Å². The second-order valence-electron chi connectivity index (χ2n) is 7.83. The first-order valence-electron chi connectivity index (χ1n) is 11.2. The molecule has 0 aliphatic heterocycles. The maximum absolute atomic E-state index is 13.4. The van der Waals surface area contributed by atoms with Crippen molar-refractivity contribution in [3.05, 3.63) is 71.5 Å². The largest absolute Gasteiger partial charge is 0.497 e. The van der Waals surface area contributed by atoms with E-state index >= 15 is 0 Å². The number of fused-ring (bicyclic) bond motifs is 1. The van der Waals surface area contributed by atoms with E-state index in [0.717, 1.165) is 0 Å². The summed E-state index contributed by atoms with van der Waals surface area (Å²) >= 11 is 0. The van der Waals surface area contributed by atoms with Crippen molar-refractivity contribution in [1.29, 1.82) is 0 Å². The lowest BCUT2D eigenvalue weighted by Crippen LogP contribution is -2.13. The van der Waals surface area contributed by atoms with Gasteiger partial charge in [0.05, 0.1) is 46.7 Å². The van der Waals surface area contributed by atoms with Gasteiger partial charge in [-0.2, -0.15) is 0 Å². The Bertz CT molecular complexity index is 1430. The van der Waals surface area contributed by atoms with Crippen LogP contribution < -0.4 is 28.4 Å². The SMILES string of the molecule is COc1ccc(OC)c(C(=O)COc2ccc3occ(C(=O)c4cc(OC)c(OC)c(OC)c4)c3c2)c1. The molecule has 0 fully saturated rings. The van der Waals surface area contributed by atoms with E-state index < -0.39 is 0 Å². The molecular weight excluding hydrogens is 480 g/mol. The van der Waals surface area contributed by atoms with Crippen molar-refractivity contribution in [3.63, 3.8) is 0 Å². The van der Waals surface area contributed by atoms with Crippen molar-refractivity contribution in [2.75, 3.05) is 42.2 Å². The molecule has 0 unspecified atom stereocenters. The van der Waals surface area contributed by atoms with Crippen LogP contribution in [-0.2, 0) is 0 Å². The van der Waals surface area contributed by atoms with Gasteiger partial charge in [-0.05, 0) is 48.5 Å². The summed E-state index contributed by atoms with van der Waals surface area (Å²) < 4.78 is 37.9. The van der Waals surface area contributed by atoms with E-state index in [1.165, 1.54) is 41.8 Å². The van der Waals surface area contributed by atoms with Crippen LogP contribution in [0.1, 0.15) is 26.3 Å². The van der Waals surface area contributed by atoms with Gasteiger partial charge in [0.15, 0.2) is 23.9 Å². The van der Waals surface area contributed by atoms with Crippen molar-refractivity contribution in [2.24, 2.45) is 0 Å². The molecule has 0 N–H and O–H groups in total. The summed E-state index contributed by atoms with van der Waals surface area (Å²) in [6.45, 7) is -0.247. The standard InChI is InChI=1S/C28H26O9/c1-31-17-6-8-23(32-2)20(12-17)22(29)15-36-18-7-9-24-19(13-18)21(14-37-24)27(30)16-10-25(33-3)28(35-5)26(11-16)34-4/h6-14H,15H2,1-5H3. The Morgan fingerprint density at radius 1 is 0.703 bits per heavy atom. The number of furan rings is 1. The highest BCUT2D eigenvalue weighted by atomic mass is 16.5. The first-order valence-corrected chi connectivity index (χ1v) is 11.2. The maximum atomic E-state index is 13.4. The van der Waals surface area contributed by atoms with Gasteiger partial charge < -0.3 is 32.8 Å². The quantitative estimate of drug-likeness (QED) is 0.261. The number of rotatable bonds is 11. The molecule has 0 radical (unpaired) electrons. The smallest absolute Gasteiger partial charge is 0.204 e. The van der Waals surface area contributed by atoms with Crippen LogP contribution in [0, 0.1) is 0 Å². The van der Waals surface area contributed by atoms with Gasteiger partial charge in [-0.1, -0.05) is 0 Å². The average Bonchev–Trinajstić information content (AvgIpc) is 3.37. The third-order valence-corrected chi connectivity index (χ3v) is 5.79. The third-order valence-electron chi connectivity index (χ3n) is 5.79. The highest BCUT2D eigenvalue weighted by molar-refractivity contribution is 6.16. The third kappa shape index (κ3) is 5.02. The number of ether oxygens (including phenoxy) is 6. The van der Waals surface area contributed by atoms with Gasteiger partial charge in [-0.3, -0.25) is 9.59 Å². The molecule has 0 spiro atoms. The van der Waals surface area contributed by atoms with E-state index in [1.807, 2.05) is 0 Å². The normalized spacial score (nSPS) is 10.6. The van der Waals surface area contributed by atoms with Crippen LogP contribution in [0.15, 0.2) is 59.2 Å². The van der Waals surface area contributed by atoms with Crippen LogP contribution in [0.5, 0.6) is 34.5 Å². The Labute approximate surface area is 213 Å². The molecule has 4 aromatic rings. The van der Waals surface area contributed by atoms with Gasteiger partial charge in [0.1, 0.15) is 29.1 Å².